The summed E-state index contributed by atoms with van der Waals surface area (Å²) in [6.45, 7) is 1.96. The second-order valence-electron chi connectivity index (χ2n) is 3.03. The molecule has 0 saturated carbocycles. The zero-order valence-corrected chi connectivity index (χ0v) is 9.33. The average molecular weight is 263 g/mol. The van der Waals surface area contributed by atoms with Gasteiger partial charge in [0.15, 0.2) is 0 Å². The molecule has 1 aromatic rings. The van der Waals surface area contributed by atoms with Crippen LogP contribution in [0.2, 0.25) is 5.02 Å². The lowest BCUT2D eigenvalue weighted by Gasteiger charge is -2.08. The van der Waals surface area contributed by atoms with E-state index in [2.05, 4.69) is 26.8 Å². The molecule has 1 aromatic carbocycles. The lowest BCUT2D eigenvalue weighted by molar-refractivity contribution is 0.653. The van der Waals surface area contributed by atoms with E-state index >= 15 is 0 Å². The summed E-state index contributed by atoms with van der Waals surface area (Å²) in [6.07, 6.45) is -0.206. The van der Waals surface area contributed by atoms with Gasteiger partial charge in [0.25, 0.3) is 0 Å². The Kier molecular flexibility index (Phi) is 2.23. The molecule has 1 atom stereocenters. The molecule has 1 heterocycles. The van der Waals surface area contributed by atoms with Crippen molar-refractivity contribution in [1.82, 2.24) is 5.43 Å². The molecule has 1 unspecified atom stereocenters. The monoisotopic (exact) mass is 261 g/mol. The SMILES string of the molecule is Cc1cc2c(c(Br)c1Cl)C(N)NN2. The van der Waals surface area contributed by atoms with Crippen LogP contribution in [-0.2, 0) is 0 Å². The predicted molar refractivity (Wildman–Crippen MR) is 57.6 cm³/mol. The van der Waals surface area contributed by atoms with Gasteiger partial charge in [-0.2, -0.15) is 0 Å². The number of hydrogen-bond acceptors (Lipinski definition) is 3. The molecule has 70 valence electrons. The van der Waals surface area contributed by atoms with E-state index in [-0.39, 0.29) is 6.17 Å². The van der Waals surface area contributed by atoms with Gasteiger partial charge in [-0.05, 0) is 34.5 Å². The maximum atomic E-state index is 6.07. The van der Waals surface area contributed by atoms with E-state index in [1.54, 1.807) is 0 Å². The molecular formula is C8H9BrClN3. The third kappa shape index (κ3) is 1.34. The van der Waals surface area contributed by atoms with Gasteiger partial charge < -0.3 is 11.2 Å². The second-order valence-corrected chi connectivity index (χ2v) is 4.20. The van der Waals surface area contributed by atoms with E-state index in [1.807, 2.05) is 13.0 Å². The normalized spacial score (nSPS) is 19.8. The molecule has 13 heavy (non-hydrogen) atoms. The molecule has 1 aliphatic heterocycles. The highest BCUT2D eigenvalue weighted by Gasteiger charge is 2.23. The molecule has 2 rings (SSSR count). The molecule has 3 nitrogen and oxygen atoms in total. The summed E-state index contributed by atoms with van der Waals surface area (Å²) in [5, 5.41) is 0.722. The number of rotatable bonds is 0. The van der Waals surface area contributed by atoms with Crippen LogP contribution < -0.4 is 16.6 Å². The van der Waals surface area contributed by atoms with Crippen LogP contribution >= 0.6 is 27.5 Å². The number of nitrogens with two attached hydrogens (primary N) is 1. The van der Waals surface area contributed by atoms with E-state index in [4.69, 9.17) is 17.3 Å². The van der Waals surface area contributed by atoms with Crippen molar-refractivity contribution < 1.29 is 0 Å². The Labute approximate surface area is 89.7 Å². The number of hydrogen-bond donors (Lipinski definition) is 3. The minimum absolute atomic E-state index is 0.206. The highest BCUT2D eigenvalue weighted by Crippen LogP contribution is 2.39. The maximum absolute atomic E-state index is 6.07. The van der Waals surface area contributed by atoms with E-state index < -0.39 is 0 Å². The number of benzene rings is 1. The molecule has 0 aromatic heterocycles. The van der Waals surface area contributed by atoms with E-state index in [9.17, 15) is 0 Å². The third-order valence-electron chi connectivity index (χ3n) is 2.10. The van der Waals surface area contributed by atoms with E-state index in [1.165, 1.54) is 0 Å². The van der Waals surface area contributed by atoms with Gasteiger partial charge in [0, 0.05) is 10.0 Å². The van der Waals surface area contributed by atoms with Crippen molar-refractivity contribution in [2.75, 3.05) is 5.43 Å². The third-order valence-corrected chi connectivity index (χ3v) is 3.64. The van der Waals surface area contributed by atoms with Crippen LogP contribution in [0.3, 0.4) is 0 Å². The molecule has 0 radical (unpaired) electrons. The summed E-state index contributed by atoms with van der Waals surface area (Å²) in [7, 11) is 0. The number of anilines is 1. The Morgan fingerprint density at radius 1 is 1.62 bits per heavy atom. The molecule has 0 saturated heterocycles. The summed E-state index contributed by atoms with van der Waals surface area (Å²) in [5.74, 6) is 0. The Morgan fingerprint density at radius 2 is 2.31 bits per heavy atom. The van der Waals surface area contributed by atoms with E-state index in [0.717, 1.165) is 26.3 Å². The summed E-state index contributed by atoms with van der Waals surface area (Å²) in [6, 6.07) is 1.97. The van der Waals surface area contributed by atoms with Gasteiger partial charge in [-0.3, -0.25) is 0 Å². The highest BCUT2D eigenvalue weighted by atomic mass is 79.9. The molecule has 0 fully saturated rings. The van der Waals surface area contributed by atoms with Gasteiger partial charge in [0.05, 0.1) is 10.7 Å². The smallest absolute Gasteiger partial charge is 0.101 e. The van der Waals surface area contributed by atoms with Crippen molar-refractivity contribution >= 4 is 33.2 Å². The van der Waals surface area contributed by atoms with Crippen molar-refractivity contribution in [3.05, 3.63) is 26.7 Å². The van der Waals surface area contributed by atoms with Crippen LogP contribution in [0.15, 0.2) is 10.5 Å². The Hall–Kier alpha value is -0.290. The van der Waals surface area contributed by atoms with Crippen molar-refractivity contribution in [1.29, 1.82) is 0 Å². The number of hydrazine groups is 1. The van der Waals surface area contributed by atoms with Crippen LogP contribution in [0.4, 0.5) is 5.69 Å². The fourth-order valence-corrected chi connectivity index (χ4v) is 2.33. The van der Waals surface area contributed by atoms with Crippen molar-refractivity contribution in [3.63, 3.8) is 0 Å². The standard InChI is InChI=1S/C8H9BrClN3/c1-3-2-4-5(6(9)7(3)10)8(11)13-12-4/h2,8,12-13H,11H2,1H3. The molecule has 5 heteroatoms. The van der Waals surface area contributed by atoms with Gasteiger partial charge in [0.1, 0.15) is 6.17 Å². The Bertz CT molecular complexity index is 367. The van der Waals surface area contributed by atoms with Crippen molar-refractivity contribution in [2.45, 2.75) is 13.1 Å². The highest BCUT2D eigenvalue weighted by molar-refractivity contribution is 9.10. The van der Waals surface area contributed by atoms with Crippen LogP contribution in [0.5, 0.6) is 0 Å². The number of aryl methyl sites for hydroxylation is 1. The lowest BCUT2D eigenvalue weighted by Crippen LogP contribution is -2.25. The summed E-state index contributed by atoms with van der Waals surface area (Å²) in [4.78, 5) is 0. The molecule has 0 aliphatic carbocycles. The van der Waals surface area contributed by atoms with Crippen LogP contribution in [-0.4, -0.2) is 0 Å². The fraction of sp³-hybridized carbons (Fsp3) is 0.250. The second kappa shape index (κ2) is 3.13. The minimum atomic E-state index is -0.206. The average Bonchev–Trinajstić information content (AvgIpc) is 2.43. The predicted octanol–water partition coefficient (Wildman–Crippen LogP) is 2.30. The molecule has 4 N–H and O–H groups in total. The minimum Gasteiger partial charge on any atom is -0.319 e. The molecule has 0 spiro atoms. The first-order valence-electron chi connectivity index (χ1n) is 3.87. The first kappa shape index (κ1) is 9.27. The molecule has 1 aliphatic rings. The van der Waals surface area contributed by atoms with Crippen molar-refractivity contribution in [2.24, 2.45) is 5.73 Å². The number of halogens is 2. The molecule has 0 bridgehead atoms. The van der Waals surface area contributed by atoms with Gasteiger partial charge in [-0.15, -0.1) is 0 Å². The Balaban J connectivity index is 2.68. The van der Waals surface area contributed by atoms with Gasteiger partial charge in [-0.25, -0.2) is 5.43 Å². The fourth-order valence-electron chi connectivity index (χ4n) is 1.40. The summed E-state index contributed by atoms with van der Waals surface area (Å²) in [5.41, 5.74) is 14.7. The first-order valence-corrected chi connectivity index (χ1v) is 5.04. The maximum Gasteiger partial charge on any atom is 0.101 e. The number of fused-ring (bicyclic) bond motifs is 1. The quantitative estimate of drug-likeness (QED) is 0.672. The topological polar surface area (TPSA) is 50.1 Å². The lowest BCUT2D eigenvalue weighted by atomic mass is 10.1. The molecular weight excluding hydrogens is 253 g/mol. The summed E-state index contributed by atoms with van der Waals surface area (Å²) >= 11 is 9.50. The van der Waals surface area contributed by atoms with Crippen LogP contribution in [0.1, 0.15) is 17.3 Å². The van der Waals surface area contributed by atoms with E-state index in [0.29, 0.717) is 0 Å². The van der Waals surface area contributed by atoms with Crippen LogP contribution in [0.25, 0.3) is 0 Å². The van der Waals surface area contributed by atoms with Gasteiger partial charge in [-0.1, -0.05) is 11.6 Å². The zero-order valence-electron chi connectivity index (χ0n) is 6.99. The number of nitrogens with one attached hydrogen (secondary N) is 2. The zero-order chi connectivity index (χ0) is 9.59. The Morgan fingerprint density at radius 3 is 3.00 bits per heavy atom. The van der Waals surface area contributed by atoms with Crippen LogP contribution in [0, 0.1) is 6.92 Å². The van der Waals surface area contributed by atoms with Gasteiger partial charge in [0.2, 0.25) is 0 Å². The largest absolute Gasteiger partial charge is 0.319 e. The molecule has 0 amide bonds. The summed E-state index contributed by atoms with van der Waals surface area (Å²) < 4.78 is 0.870. The van der Waals surface area contributed by atoms with Gasteiger partial charge >= 0.3 is 0 Å². The van der Waals surface area contributed by atoms with Crippen molar-refractivity contribution in [3.8, 4) is 0 Å². The first-order chi connectivity index (χ1) is 6.11.